The fourth-order valence-electron chi connectivity index (χ4n) is 3.56. The van der Waals surface area contributed by atoms with Gasteiger partial charge < -0.3 is 4.90 Å². The van der Waals surface area contributed by atoms with E-state index in [-0.39, 0.29) is 18.2 Å². The molecule has 0 aromatic heterocycles. The largest absolute Gasteiger partial charge is 0.311 e. The van der Waals surface area contributed by atoms with Crippen LogP contribution in [0.3, 0.4) is 0 Å². The number of hydrogen-bond donors (Lipinski definition) is 0. The topological polar surface area (TPSA) is 37.4 Å². The Morgan fingerprint density at radius 2 is 1.90 bits per heavy atom. The lowest BCUT2D eigenvalue weighted by atomic mass is 10.0. The summed E-state index contributed by atoms with van der Waals surface area (Å²) < 4.78 is 0. The predicted octanol–water partition coefficient (Wildman–Crippen LogP) is 3.06. The molecule has 1 saturated heterocycles. The van der Waals surface area contributed by atoms with Gasteiger partial charge in [0.2, 0.25) is 11.1 Å². The van der Waals surface area contributed by atoms with Crippen molar-refractivity contribution in [2.75, 3.05) is 11.4 Å². The molecule has 1 aliphatic heterocycles. The van der Waals surface area contributed by atoms with Crippen LogP contribution in [-0.4, -0.2) is 17.7 Å². The number of anilines is 1. The van der Waals surface area contributed by atoms with Gasteiger partial charge in [-0.25, -0.2) is 0 Å². The number of carbonyl (C=O) groups excluding carboxylic acids is 2. The molecule has 1 aliphatic carbocycles. The van der Waals surface area contributed by atoms with E-state index < -0.39 is 5.24 Å². The van der Waals surface area contributed by atoms with E-state index in [1.165, 1.54) is 16.5 Å². The first-order chi connectivity index (χ1) is 10.1. The van der Waals surface area contributed by atoms with E-state index in [9.17, 15) is 9.59 Å². The van der Waals surface area contributed by atoms with Crippen molar-refractivity contribution in [3.8, 4) is 0 Å². The van der Waals surface area contributed by atoms with Gasteiger partial charge >= 0.3 is 0 Å². The van der Waals surface area contributed by atoms with Crippen molar-refractivity contribution in [3.05, 3.63) is 41.5 Å². The van der Waals surface area contributed by atoms with Crippen LogP contribution < -0.4 is 4.90 Å². The normalized spacial score (nSPS) is 20.5. The van der Waals surface area contributed by atoms with Crippen molar-refractivity contribution >= 4 is 39.2 Å². The van der Waals surface area contributed by atoms with E-state index in [1.807, 2.05) is 12.1 Å². The van der Waals surface area contributed by atoms with Gasteiger partial charge in [0.15, 0.2) is 0 Å². The smallest absolute Gasteiger partial charge is 0.227 e. The summed E-state index contributed by atoms with van der Waals surface area (Å²) in [6, 6.07) is 10.4. The molecule has 106 valence electrons. The summed E-state index contributed by atoms with van der Waals surface area (Å²) in [5, 5.41) is 1.97. The molecule has 0 unspecified atom stereocenters. The zero-order valence-electron chi connectivity index (χ0n) is 11.4. The standard InChI is InChI=1S/C17H14ClNO2/c18-17(21)12-8-15(20)19(9-12)14-7-6-11-5-4-10-2-1-3-13(14)16(10)11/h1-3,6-7,12H,4-5,8-9H2/t12-/m1/s1. The fraction of sp³-hybridized carbons (Fsp3) is 0.294. The van der Waals surface area contributed by atoms with Crippen LogP contribution in [0, 0.1) is 5.92 Å². The summed E-state index contributed by atoms with van der Waals surface area (Å²) >= 11 is 5.56. The van der Waals surface area contributed by atoms with Crippen LogP contribution in [0.25, 0.3) is 10.8 Å². The number of benzene rings is 2. The van der Waals surface area contributed by atoms with Crippen molar-refractivity contribution < 1.29 is 9.59 Å². The van der Waals surface area contributed by atoms with Crippen LogP contribution in [0.1, 0.15) is 17.5 Å². The predicted molar refractivity (Wildman–Crippen MR) is 82.7 cm³/mol. The fourth-order valence-corrected chi connectivity index (χ4v) is 3.71. The summed E-state index contributed by atoms with van der Waals surface area (Å²) in [5.41, 5.74) is 3.60. The molecule has 2 aromatic rings. The zero-order chi connectivity index (χ0) is 14.6. The average molecular weight is 300 g/mol. The van der Waals surface area contributed by atoms with E-state index in [4.69, 9.17) is 11.6 Å². The summed E-state index contributed by atoms with van der Waals surface area (Å²) in [5.74, 6) is -0.407. The molecule has 4 rings (SSSR count). The molecule has 0 radical (unpaired) electrons. The summed E-state index contributed by atoms with van der Waals surface area (Å²) in [4.78, 5) is 25.3. The second kappa shape index (κ2) is 4.57. The third kappa shape index (κ3) is 1.88. The highest BCUT2D eigenvalue weighted by Gasteiger charge is 2.35. The number of aryl methyl sites for hydroxylation is 2. The zero-order valence-corrected chi connectivity index (χ0v) is 12.2. The monoisotopic (exact) mass is 299 g/mol. The molecule has 0 saturated carbocycles. The number of carbonyl (C=O) groups is 2. The minimum Gasteiger partial charge on any atom is -0.311 e. The van der Waals surface area contributed by atoms with E-state index in [1.54, 1.807) is 4.90 Å². The number of hydrogen-bond acceptors (Lipinski definition) is 2. The molecule has 21 heavy (non-hydrogen) atoms. The first-order valence-corrected chi connectivity index (χ1v) is 7.56. The molecule has 3 nitrogen and oxygen atoms in total. The second-order valence-corrected chi connectivity index (χ2v) is 6.17. The lowest BCUT2D eigenvalue weighted by molar-refractivity contribution is -0.120. The van der Waals surface area contributed by atoms with E-state index >= 15 is 0 Å². The van der Waals surface area contributed by atoms with Gasteiger partial charge in [-0.2, -0.15) is 0 Å². The molecule has 0 bridgehead atoms. The van der Waals surface area contributed by atoms with Crippen molar-refractivity contribution in [1.82, 2.24) is 0 Å². The van der Waals surface area contributed by atoms with Crippen LogP contribution in [-0.2, 0) is 22.4 Å². The van der Waals surface area contributed by atoms with E-state index in [2.05, 4.69) is 18.2 Å². The van der Waals surface area contributed by atoms with Gasteiger partial charge in [0, 0.05) is 18.4 Å². The minimum atomic E-state index is -0.420. The highest BCUT2D eigenvalue weighted by molar-refractivity contribution is 6.64. The molecule has 2 aromatic carbocycles. The quantitative estimate of drug-likeness (QED) is 0.799. The highest BCUT2D eigenvalue weighted by Crippen LogP contribution is 2.38. The van der Waals surface area contributed by atoms with Gasteiger partial charge in [-0.1, -0.05) is 24.3 Å². The van der Waals surface area contributed by atoms with Crippen LogP contribution in [0.15, 0.2) is 30.3 Å². The molecule has 1 heterocycles. The Morgan fingerprint density at radius 3 is 2.62 bits per heavy atom. The van der Waals surface area contributed by atoms with Crippen LogP contribution >= 0.6 is 11.6 Å². The maximum absolute atomic E-state index is 12.2. The van der Waals surface area contributed by atoms with Gasteiger partial charge in [-0.3, -0.25) is 9.59 Å². The molecule has 1 atom stereocenters. The SMILES string of the molecule is O=C(Cl)[C@@H]1CC(=O)N(c2ccc3c4c(cccc24)CC3)C1. The molecular formula is C17H14ClNO2. The number of amides is 1. The third-order valence-electron chi connectivity index (χ3n) is 4.59. The number of halogens is 1. The molecule has 1 amide bonds. The van der Waals surface area contributed by atoms with Crippen LogP contribution in [0.5, 0.6) is 0 Å². The van der Waals surface area contributed by atoms with Crippen molar-refractivity contribution in [1.29, 1.82) is 0 Å². The summed E-state index contributed by atoms with van der Waals surface area (Å²) in [7, 11) is 0. The third-order valence-corrected chi connectivity index (χ3v) is 4.90. The van der Waals surface area contributed by atoms with Gasteiger partial charge in [0.05, 0.1) is 11.6 Å². The van der Waals surface area contributed by atoms with Crippen molar-refractivity contribution in [2.24, 2.45) is 5.92 Å². The Bertz CT molecular complexity index is 773. The summed E-state index contributed by atoms with van der Waals surface area (Å²) in [6.07, 6.45) is 2.34. The maximum atomic E-state index is 12.2. The number of rotatable bonds is 2. The van der Waals surface area contributed by atoms with Crippen LogP contribution in [0.2, 0.25) is 0 Å². The molecular weight excluding hydrogens is 286 g/mol. The molecule has 4 heteroatoms. The molecule has 2 aliphatic rings. The Labute approximate surface area is 127 Å². The summed E-state index contributed by atoms with van der Waals surface area (Å²) in [6.45, 7) is 0.389. The maximum Gasteiger partial charge on any atom is 0.227 e. The Balaban J connectivity index is 1.85. The first kappa shape index (κ1) is 12.8. The van der Waals surface area contributed by atoms with Gasteiger partial charge in [-0.15, -0.1) is 0 Å². The van der Waals surface area contributed by atoms with Crippen molar-refractivity contribution in [3.63, 3.8) is 0 Å². The molecule has 0 spiro atoms. The number of nitrogens with zero attached hydrogens (tertiary/aromatic N) is 1. The van der Waals surface area contributed by atoms with Gasteiger partial charge in [0.25, 0.3) is 0 Å². The highest BCUT2D eigenvalue weighted by atomic mass is 35.5. The molecule has 0 N–H and O–H groups in total. The molecule has 1 fully saturated rings. The first-order valence-electron chi connectivity index (χ1n) is 7.18. The van der Waals surface area contributed by atoms with E-state index in [0.29, 0.717) is 6.54 Å². The Morgan fingerprint density at radius 1 is 1.14 bits per heavy atom. The van der Waals surface area contributed by atoms with Crippen molar-refractivity contribution in [2.45, 2.75) is 19.3 Å². The van der Waals surface area contributed by atoms with Gasteiger partial charge in [0.1, 0.15) is 0 Å². The Hall–Kier alpha value is -1.87. The minimum absolute atomic E-state index is 0.0206. The van der Waals surface area contributed by atoms with Gasteiger partial charge in [-0.05, 0) is 47.0 Å². The average Bonchev–Trinajstić information content (AvgIpc) is 3.05. The lowest BCUT2D eigenvalue weighted by Gasteiger charge is -2.19. The van der Waals surface area contributed by atoms with E-state index in [0.717, 1.165) is 23.9 Å². The second-order valence-electron chi connectivity index (χ2n) is 5.79. The van der Waals surface area contributed by atoms with Crippen LogP contribution in [0.4, 0.5) is 5.69 Å². The lowest BCUT2D eigenvalue weighted by Crippen LogP contribution is -2.25. The Kier molecular flexibility index (Phi) is 2.79.